The summed E-state index contributed by atoms with van der Waals surface area (Å²) < 4.78 is 11.3. The van der Waals surface area contributed by atoms with E-state index in [1.54, 1.807) is 24.3 Å². The van der Waals surface area contributed by atoms with Crippen LogP contribution in [0.3, 0.4) is 0 Å². The minimum atomic E-state index is -0.521. The van der Waals surface area contributed by atoms with E-state index in [0.29, 0.717) is 24.5 Å². The molecule has 2 aromatic rings. The molecule has 1 N–H and O–H groups in total. The Hall–Kier alpha value is -3.16. The van der Waals surface area contributed by atoms with Crippen LogP contribution in [0.2, 0.25) is 0 Å². The number of hydrogen-bond donors (Lipinski definition) is 1. The van der Waals surface area contributed by atoms with Gasteiger partial charge >= 0.3 is 0 Å². The minimum Gasteiger partial charge on any atom is -0.481 e. The summed E-state index contributed by atoms with van der Waals surface area (Å²) >= 11 is 0. The molecule has 0 radical (unpaired) electrons. The third-order valence-corrected chi connectivity index (χ3v) is 3.74. The van der Waals surface area contributed by atoms with Gasteiger partial charge in [0.1, 0.15) is 17.7 Å². The third kappa shape index (κ3) is 4.43. The van der Waals surface area contributed by atoms with E-state index in [4.69, 9.17) is 9.47 Å². The zero-order chi connectivity index (χ0) is 17.6. The number of benzene rings is 1. The van der Waals surface area contributed by atoms with Gasteiger partial charge in [-0.1, -0.05) is 0 Å². The number of rotatable bonds is 5. The number of pyridine rings is 1. The predicted molar refractivity (Wildman–Crippen MR) is 88.7 cm³/mol. The Morgan fingerprint density at radius 1 is 1.12 bits per heavy atom. The highest BCUT2D eigenvalue weighted by Crippen LogP contribution is 2.24. The van der Waals surface area contributed by atoms with Crippen molar-refractivity contribution in [1.82, 2.24) is 10.3 Å². The summed E-state index contributed by atoms with van der Waals surface area (Å²) in [4.78, 5) is 25.8. The lowest BCUT2D eigenvalue weighted by Gasteiger charge is -2.16. The molecule has 8 heteroatoms. The van der Waals surface area contributed by atoms with E-state index in [9.17, 15) is 14.9 Å². The van der Waals surface area contributed by atoms with Crippen LogP contribution in [0.25, 0.3) is 0 Å². The number of aromatic nitrogens is 1. The zero-order valence-electron chi connectivity index (χ0n) is 13.4. The molecule has 1 aromatic heterocycles. The smallest absolute Gasteiger partial charge is 0.287 e. The summed E-state index contributed by atoms with van der Waals surface area (Å²) in [5, 5.41) is 13.4. The Kier molecular flexibility index (Phi) is 5.08. The first-order valence-corrected chi connectivity index (χ1v) is 7.94. The number of hydrogen-bond acceptors (Lipinski definition) is 6. The molecule has 2 heterocycles. The SMILES string of the molecule is O=C1NCCCC[C@H]1Oc1ccc(Oc2ccc([N+](=O)[O-])cn2)cc1. The van der Waals surface area contributed by atoms with Crippen LogP contribution in [0.15, 0.2) is 42.6 Å². The lowest BCUT2D eigenvalue weighted by atomic mass is 10.2. The number of nitrogens with zero attached hydrogens (tertiary/aromatic N) is 2. The van der Waals surface area contributed by atoms with Gasteiger partial charge in [0.05, 0.1) is 4.92 Å². The molecule has 1 aromatic carbocycles. The van der Waals surface area contributed by atoms with Crippen molar-refractivity contribution in [3.63, 3.8) is 0 Å². The summed E-state index contributed by atoms with van der Waals surface area (Å²) in [7, 11) is 0. The molecule has 0 unspecified atom stereocenters. The molecule has 1 aliphatic rings. The Bertz CT molecular complexity index is 746. The second-order valence-corrected chi connectivity index (χ2v) is 5.58. The van der Waals surface area contributed by atoms with E-state index in [-0.39, 0.29) is 17.5 Å². The highest BCUT2D eigenvalue weighted by molar-refractivity contribution is 5.81. The quantitative estimate of drug-likeness (QED) is 0.661. The van der Waals surface area contributed by atoms with Crippen molar-refractivity contribution in [2.45, 2.75) is 25.4 Å². The standard InChI is InChI=1S/C17H17N3O5/c21-17-15(3-1-2-10-18-17)24-13-5-7-14(8-6-13)25-16-9-4-12(11-19-16)20(22)23/h4-9,11,15H,1-3,10H2,(H,18,21)/t15-/m1/s1. The monoisotopic (exact) mass is 343 g/mol. The van der Waals surface area contributed by atoms with Gasteiger partial charge in [-0.3, -0.25) is 14.9 Å². The molecule has 8 nitrogen and oxygen atoms in total. The van der Waals surface area contributed by atoms with Gasteiger partial charge in [0.25, 0.3) is 11.6 Å². The van der Waals surface area contributed by atoms with Gasteiger partial charge in [0.2, 0.25) is 5.88 Å². The van der Waals surface area contributed by atoms with Gasteiger partial charge in [-0.05, 0) is 43.5 Å². The van der Waals surface area contributed by atoms with Crippen molar-refractivity contribution in [2.24, 2.45) is 0 Å². The van der Waals surface area contributed by atoms with Gasteiger partial charge < -0.3 is 14.8 Å². The molecule has 0 aliphatic carbocycles. The molecule has 1 fully saturated rings. The molecule has 0 saturated carbocycles. The fourth-order valence-corrected chi connectivity index (χ4v) is 2.44. The first-order chi connectivity index (χ1) is 12.1. The molecule has 1 aliphatic heterocycles. The van der Waals surface area contributed by atoms with Crippen molar-refractivity contribution in [3.8, 4) is 17.4 Å². The molecule has 3 rings (SSSR count). The highest BCUT2D eigenvalue weighted by atomic mass is 16.6. The van der Waals surface area contributed by atoms with Gasteiger partial charge in [-0.25, -0.2) is 4.98 Å². The minimum absolute atomic E-state index is 0.0899. The van der Waals surface area contributed by atoms with Crippen molar-refractivity contribution >= 4 is 11.6 Å². The average molecular weight is 343 g/mol. The van der Waals surface area contributed by atoms with Crippen LogP contribution in [0, 0.1) is 10.1 Å². The second kappa shape index (κ2) is 7.61. The van der Waals surface area contributed by atoms with Crippen LogP contribution < -0.4 is 14.8 Å². The van der Waals surface area contributed by atoms with Crippen LogP contribution in [0.4, 0.5) is 5.69 Å². The molecule has 0 bridgehead atoms. The average Bonchev–Trinajstić information content (AvgIpc) is 2.82. The van der Waals surface area contributed by atoms with Crippen LogP contribution in [-0.2, 0) is 4.79 Å². The summed E-state index contributed by atoms with van der Waals surface area (Å²) in [6.45, 7) is 0.688. The van der Waals surface area contributed by atoms with Crippen LogP contribution >= 0.6 is 0 Å². The fourth-order valence-electron chi connectivity index (χ4n) is 2.44. The Morgan fingerprint density at radius 3 is 2.56 bits per heavy atom. The van der Waals surface area contributed by atoms with E-state index in [0.717, 1.165) is 19.0 Å². The van der Waals surface area contributed by atoms with Gasteiger partial charge in [-0.2, -0.15) is 0 Å². The van der Waals surface area contributed by atoms with Gasteiger partial charge in [0.15, 0.2) is 6.10 Å². The van der Waals surface area contributed by atoms with Gasteiger partial charge in [0, 0.05) is 18.7 Å². The van der Waals surface area contributed by atoms with E-state index in [1.807, 2.05) is 0 Å². The zero-order valence-corrected chi connectivity index (χ0v) is 13.4. The Balaban J connectivity index is 1.61. The van der Waals surface area contributed by atoms with Crippen molar-refractivity contribution in [2.75, 3.05) is 6.54 Å². The number of nitro groups is 1. The number of carbonyl (C=O) groups excluding carboxylic acids is 1. The van der Waals surface area contributed by atoms with Crippen molar-refractivity contribution in [3.05, 3.63) is 52.7 Å². The number of amides is 1. The lowest BCUT2D eigenvalue weighted by molar-refractivity contribution is -0.385. The Morgan fingerprint density at radius 2 is 1.88 bits per heavy atom. The summed E-state index contributed by atoms with van der Waals surface area (Å²) in [5.41, 5.74) is -0.0993. The van der Waals surface area contributed by atoms with Crippen LogP contribution in [-0.4, -0.2) is 28.5 Å². The first kappa shape index (κ1) is 16.7. The molecule has 1 saturated heterocycles. The Labute approximate surface area is 143 Å². The second-order valence-electron chi connectivity index (χ2n) is 5.58. The molecule has 1 atom stereocenters. The first-order valence-electron chi connectivity index (χ1n) is 7.94. The van der Waals surface area contributed by atoms with E-state index in [1.165, 1.54) is 12.1 Å². The maximum absolute atomic E-state index is 11.9. The maximum Gasteiger partial charge on any atom is 0.287 e. The fraction of sp³-hybridized carbons (Fsp3) is 0.294. The topological polar surface area (TPSA) is 104 Å². The number of nitrogens with one attached hydrogen (secondary N) is 1. The molecule has 130 valence electrons. The summed E-state index contributed by atoms with van der Waals surface area (Å²) in [6, 6.07) is 9.54. The van der Waals surface area contributed by atoms with Crippen molar-refractivity contribution < 1.29 is 19.2 Å². The van der Waals surface area contributed by atoms with Crippen molar-refractivity contribution in [1.29, 1.82) is 0 Å². The number of carbonyl (C=O) groups is 1. The molecule has 1 amide bonds. The summed E-state index contributed by atoms with van der Waals surface area (Å²) in [6.07, 6.45) is 3.25. The van der Waals surface area contributed by atoms with Crippen LogP contribution in [0.5, 0.6) is 17.4 Å². The maximum atomic E-state index is 11.9. The largest absolute Gasteiger partial charge is 0.481 e. The highest BCUT2D eigenvalue weighted by Gasteiger charge is 2.22. The van der Waals surface area contributed by atoms with E-state index in [2.05, 4.69) is 10.3 Å². The lowest BCUT2D eigenvalue weighted by Crippen LogP contribution is -2.36. The normalized spacial score (nSPS) is 17.3. The van der Waals surface area contributed by atoms with Gasteiger partial charge in [-0.15, -0.1) is 0 Å². The third-order valence-electron chi connectivity index (χ3n) is 3.74. The number of ether oxygens (including phenoxy) is 2. The van der Waals surface area contributed by atoms with Crippen LogP contribution in [0.1, 0.15) is 19.3 Å². The van der Waals surface area contributed by atoms with E-state index >= 15 is 0 Å². The molecule has 0 spiro atoms. The molecular weight excluding hydrogens is 326 g/mol. The summed E-state index contributed by atoms with van der Waals surface area (Å²) in [5.74, 6) is 1.25. The van der Waals surface area contributed by atoms with E-state index < -0.39 is 11.0 Å². The molecule has 25 heavy (non-hydrogen) atoms. The predicted octanol–water partition coefficient (Wildman–Crippen LogP) is 2.83. The molecular formula is C17H17N3O5.